The van der Waals surface area contributed by atoms with Gasteiger partial charge < -0.3 is 15.6 Å². The molecular weight excluding hydrogens is 345 g/mol. The lowest BCUT2D eigenvalue weighted by molar-refractivity contribution is -0.123. The first kappa shape index (κ1) is 18.6. The Labute approximate surface area is 157 Å². The van der Waals surface area contributed by atoms with Crippen LogP contribution in [0, 0.1) is 5.82 Å². The highest BCUT2D eigenvalue weighted by molar-refractivity contribution is 5.98. The van der Waals surface area contributed by atoms with Crippen LogP contribution >= 0.6 is 0 Å². The number of carbonyl (C=O) groups excluding carboxylic acids is 2. The summed E-state index contributed by atoms with van der Waals surface area (Å²) in [7, 11) is 0. The Morgan fingerprint density at radius 3 is 2.59 bits per heavy atom. The van der Waals surface area contributed by atoms with E-state index in [2.05, 4.69) is 15.6 Å². The molecule has 27 heavy (non-hydrogen) atoms. The van der Waals surface area contributed by atoms with E-state index in [-0.39, 0.29) is 17.5 Å². The predicted octanol–water partition coefficient (Wildman–Crippen LogP) is 3.17. The highest BCUT2D eigenvalue weighted by Gasteiger charge is 2.23. The van der Waals surface area contributed by atoms with E-state index in [9.17, 15) is 14.0 Å². The van der Waals surface area contributed by atoms with E-state index in [1.807, 2.05) is 44.3 Å². The van der Waals surface area contributed by atoms with Gasteiger partial charge in [0.25, 0.3) is 5.91 Å². The van der Waals surface area contributed by atoms with Crippen molar-refractivity contribution in [3.05, 3.63) is 71.7 Å². The summed E-state index contributed by atoms with van der Waals surface area (Å²) >= 11 is 0. The summed E-state index contributed by atoms with van der Waals surface area (Å²) in [5, 5.41) is 6.57. The second-order valence-corrected chi connectivity index (χ2v) is 6.76. The topological polar surface area (TPSA) is 74.0 Å². The molecule has 6 heteroatoms. The van der Waals surface area contributed by atoms with Crippen molar-refractivity contribution in [3.8, 4) is 0 Å². The highest BCUT2D eigenvalue weighted by atomic mass is 19.1. The standard InChI is InChI=1S/C21H22FN3O2/c1-13(2)24-21(27)19(25-20(26)14-6-5-7-16(22)10-14)11-15-12-23-18-9-4-3-8-17(15)18/h3-10,12-13,19,23H,11H2,1-2H3,(H,24,27)(H,25,26)/t19-/m0/s1. The normalized spacial score (nSPS) is 12.1. The van der Waals surface area contributed by atoms with Crippen molar-refractivity contribution >= 4 is 22.7 Å². The molecule has 2 amide bonds. The molecule has 0 saturated carbocycles. The lowest BCUT2D eigenvalue weighted by Crippen LogP contribution is -2.49. The van der Waals surface area contributed by atoms with E-state index < -0.39 is 17.8 Å². The first-order valence-electron chi connectivity index (χ1n) is 8.86. The summed E-state index contributed by atoms with van der Waals surface area (Å²) in [5.41, 5.74) is 2.07. The maximum absolute atomic E-state index is 13.4. The van der Waals surface area contributed by atoms with E-state index in [0.29, 0.717) is 6.42 Å². The molecule has 0 bridgehead atoms. The maximum Gasteiger partial charge on any atom is 0.252 e. The molecule has 0 saturated heterocycles. The Morgan fingerprint density at radius 2 is 1.85 bits per heavy atom. The Balaban J connectivity index is 1.84. The number of benzene rings is 2. The van der Waals surface area contributed by atoms with Crippen LogP contribution in [0.4, 0.5) is 4.39 Å². The molecule has 1 atom stereocenters. The van der Waals surface area contributed by atoms with Gasteiger partial charge in [-0.15, -0.1) is 0 Å². The smallest absolute Gasteiger partial charge is 0.252 e. The van der Waals surface area contributed by atoms with Crippen molar-refractivity contribution in [1.29, 1.82) is 0 Å². The quantitative estimate of drug-likeness (QED) is 0.626. The number of amides is 2. The van der Waals surface area contributed by atoms with E-state index in [1.165, 1.54) is 18.2 Å². The summed E-state index contributed by atoms with van der Waals surface area (Å²) in [6.07, 6.45) is 2.16. The molecule has 3 aromatic rings. The molecule has 0 radical (unpaired) electrons. The minimum atomic E-state index is -0.776. The number of hydrogen-bond acceptors (Lipinski definition) is 2. The average Bonchev–Trinajstić information content (AvgIpc) is 3.03. The van der Waals surface area contributed by atoms with Crippen molar-refractivity contribution in [3.63, 3.8) is 0 Å². The largest absolute Gasteiger partial charge is 0.361 e. The Hall–Kier alpha value is -3.15. The lowest BCUT2D eigenvalue weighted by atomic mass is 10.0. The van der Waals surface area contributed by atoms with Crippen LogP contribution in [-0.4, -0.2) is 28.9 Å². The summed E-state index contributed by atoms with van der Waals surface area (Å²) in [5.74, 6) is -1.26. The number of H-pyrrole nitrogens is 1. The molecule has 0 aliphatic carbocycles. The van der Waals surface area contributed by atoms with E-state index in [4.69, 9.17) is 0 Å². The molecule has 5 nitrogen and oxygen atoms in total. The van der Waals surface area contributed by atoms with Crippen LogP contribution in [0.2, 0.25) is 0 Å². The van der Waals surface area contributed by atoms with Gasteiger partial charge in [-0.05, 0) is 43.7 Å². The molecule has 0 aliphatic rings. The number of carbonyl (C=O) groups is 2. The van der Waals surface area contributed by atoms with Crippen molar-refractivity contribution in [1.82, 2.24) is 15.6 Å². The third-order valence-electron chi connectivity index (χ3n) is 4.24. The second kappa shape index (κ2) is 8.03. The third-order valence-corrected chi connectivity index (χ3v) is 4.24. The fourth-order valence-corrected chi connectivity index (χ4v) is 2.99. The number of fused-ring (bicyclic) bond motifs is 1. The molecule has 0 fully saturated rings. The number of nitrogens with one attached hydrogen (secondary N) is 3. The maximum atomic E-state index is 13.4. The summed E-state index contributed by atoms with van der Waals surface area (Å²) in [6.45, 7) is 3.71. The zero-order valence-corrected chi connectivity index (χ0v) is 15.3. The fraction of sp³-hybridized carbons (Fsp3) is 0.238. The van der Waals surface area contributed by atoms with Gasteiger partial charge in [-0.3, -0.25) is 9.59 Å². The monoisotopic (exact) mass is 367 g/mol. The number of aromatic amines is 1. The molecule has 1 aromatic heterocycles. The van der Waals surface area contributed by atoms with Crippen LogP contribution in [0.25, 0.3) is 10.9 Å². The van der Waals surface area contributed by atoms with Crippen molar-refractivity contribution in [2.45, 2.75) is 32.4 Å². The minimum Gasteiger partial charge on any atom is -0.361 e. The SMILES string of the molecule is CC(C)NC(=O)[C@H](Cc1c[nH]c2ccccc12)NC(=O)c1cccc(F)c1. The fourth-order valence-electron chi connectivity index (χ4n) is 2.99. The van der Waals surface area contributed by atoms with Gasteiger partial charge in [0.05, 0.1) is 0 Å². The predicted molar refractivity (Wildman–Crippen MR) is 103 cm³/mol. The van der Waals surface area contributed by atoms with Gasteiger partial charge in [-0.2, -0.15) is 0 Å². The molecule has 0 unspecified atom stereocenters. The molecule has 0 spiro atoms. The molecule has 1 heterocycles. The Kier molecular flexibility index (Phi) is 5.54. The Morgan fingerprint density at radius 1 is 1.07 bits per heavy atom. The van der Waals surface area contributed by atoms with Crippen molar-refractivity contribution in [2.24, 2.45) is 0 Å². The first-order valence-corrected chi connectivity index (χ1v) is 8.86. The molecular formula is C21H22FN3O2. The molecule has 3 rings (SSSR count). The van der Waals surface area contributed by atoms with Gasteiger partial charge in [0.15, 0.2) is 0 Å². The van der Waals surface area contributed by atoms with Gasteiger partial charge in [0, 0.05) is 35.1 Å². The van der Waals surface area contributed by atoms with Gasteiger partial charge in [-0.25, -0.2) is 4.39 Å². The summed E-state index contributed by atoms with van der Waals surface area (Å²) < 4.78 is 13.4. The number of aromatic nitrogens is 1. The number of rotatable bonds is 6. The van der Waals surface area contributed by atoms with E-state index >= 15 is 0 Å². The van der Waals surface area contributed by atoms with Crippen LogP contribution in [0.5, 0.6) is 0 Å². The Bertz CT molecular complexity index is 965. The van der Waals surface area contributed by atoms with Gasteiger partial charge in [-0.1, -0.05) is 24.3 Å². The van der Waals surface area contributed by atoms with Crippen LogP contribution in [-0.2, 0) is 11.2 Å². The number of hydrogen-bond donors (Lipinski definition) is 3. The van der Waals surface area contributed by atoms with Crippen LogP contribution in [0.3, 0.4) is 0 Å². The molecule has 140 valence electrons. The average molecular weight is 367 g/mol. The highest BCUT2D eigenvalue weighted by Crippen LogP contribution is 2.19. The molecule has 3 N–H and O–H groups in total. The zero-order valence-electron chi connectivity index (χ0n) is 15.3. The zero-order chi connectivity index (χ0) is 19.4. The lowest BCUT2D eigenvalue weighted by Gasteiger charge is -2.20. The number of halogens is 1. The first-order chi connectivity index (χ1) is 12.9. The summed E-state index contributed by atoms with van der Waals surface area (Å²) in [4.78, 5) is 28.3. The van der Waals surface area contributed by atoms with E-state index in [0.717, 1.165) is 22.5 Å². The third kappa shape index (κ3) is 4.53. The van der Waals surface area contributed by atoms with Crippen LogP contribution < -0.4 is 10.6 Å². The summed E-state index contributed by atoms with van der Waals surface area (Å²) in [6, 6.07) is 12.3. The number of para-hydroxylation sites is 1. The van der Waals surface area contributed by atoms with Crippen molar-refractivity contribution in [2.75, 3.05) is 0 Å². The van der Waals surface area contributed by atoms with Gasteiger partial charge in [0.1, 0.15) is 11.9 Å². The molecule has 2 aromatic carbocycles. The molecule has 0 aliphatic heterocycles. The van der Waals surface area contributed by atoms with Crippen molar-refractivity contribution < 1.29 is 14.0 Å². The van der Waals surface area contributed by atoms with Gasteiger partial charge >= 0.3 is 0 Å². The second-order valence-electron chi connectivity index (χ2n) is 6.76. The van der Waals surface area contributed by atoms with Crippen LogP contribution in [0.15, 0.2) is 54.7 Å². The minimum absolute atomic E-state index is 0.0611. The van der Waals surface area contributed by atoms with E-state index in [1.54, 1.807) is 0 Å². The van der Waals surface area contributed by atoms with Crippen LogP contribution in [0.1, 0.15) is 29.8 Å². The van der Waals surface area contributed by atoms with Gasteiger partial charge in [0.2, 0.25) is 5.91 Å².